The van der Waals surface area contributed by atoms with Gasteiger partial charge in [0.15, 0.2) is 0 Å². The Morgan fingerprint density at radius 1 is 1.32 bits per heavy atom. The summed E-state index contributed by atoms with van der Waals surface area (Å²) in [7, 11) is 0. The molecule has 2 unspecified atom stereocenters. The van der Waals surface area contributed by atoms with Gasteiger partial charge in [-0.05, 0) is 48.6 Å². The van der Waals surface area contributed by atoms with Crippen LogP contribution in [0, 0.1) is 0 Å². The number of rotatable bonds is 4. The van der Waals surface area contributed by atoms with E-state index in [9.17, 15) is 0 Å². The van der Waals surface area contributed by atoms with Gasteiger partial charge in [-0.3, -0.25) is 0 Å². The molecule has 0 aliphatic heterocycles. The van der Waals surface area contributed by atoms with E-state index < -0.39 is 0 Å². The fourth-order valence-corrected chi connectivity index (χ4v) is 3.84. The van der Waals surface area contributed by atoms with Crippen molar-refractivity contribution < 1.29 is 0 Å². The highest BCUT2D eigenvalue weighted by molar-refractivity contribution is 7.99. The summed E-state index contributed by atoms with van der Waals surface area (Å²) in [4.78, 5) is 3.28. The van der Waals surface area contributed by atoms with Crippen LogP contribution < -0.4 is 5.32 Å². The number of fused-ring (bicyclic) bond motifs is 1. The van der Waals surface area contributed by atoms with E-state index in [0.29, 0.717) is 6.04 Å². The highest BCUT2D eigenvalue weighted by atomic mass is 32.2. The number of nitrogens with one attached hydrogen (secondary N) is 2. The van der Waals surface area contributed by atoms with Crippen LogP contribution in [-0.2, 0) is 6.54 Å². The highest BCUT2D eigenvalue weighted by Gasteiger charge is 2.20. The van der Waals surface area contributed by atoms with Crippen LogP contribution in [0.4, 0.5) is 0 Å². The lowest BCUT2D eigenvalue weighted by molar-refractivity contribution is 0.380. The van der Waals surface area contributed by atoms with Gasteiger partial charge in [0.2, 0.25) is 0 Å². The molecule has 2 nitrogen and oxygen atoms in total. The van der Waals surface area contributed by atoms with Crippen molar-refractivity contribution in [2.24, 2.45) is 0 Å². The Labute approximate surface area is 119 Å². The maximum absolute atomic E-state index is 3.73. The van der Waals surface area contributed by atoms with E-state index in [0.717, 1.165) is 11.8 Å². The van der Waals surface area contributed by atoms with E-state index >= 15 is 0 Å². The third kappa shape index (κ3) is 3.15. The molecule has 1 aromatic carbocycles. The molecule has 19 heavy (non-hydrogen) atoms. The molecule has 3 heteroatoms. The summed E-state index contributed by atoms with van der Waals surface area (Å²) in [5.41, 5.74) is 2.62. The van der Waals surface area contributed by atoms with Crippen LogP contribution in [0.2, 0.25) is 0 Å². The van der Waals surface area contributed by atoms with E-state index in [1.165, 1.54) is 42.1 Å². The third-order valence-corrected chi connectivity index (χ3v) is 5.27. The molecule has 0 bridgehead atoms. The molecule has 1 aromatic heterocycles. The average molecular weight is 274 g/mol. The molecule has 1 aliphatic rings. The first-order valence-electron chi connectivity index (χ1n) is 7.17. The topological polar surface area (TPSA) is 27.8 Å². The maximum atomic E-state index is 3.73. The Hall–Kier alpha value is -0.930. The molecule has 0 radical (unpaired) electrons. The zero-order chi connectivity index (χ0) is 13.1. The largest absolute Gasteiger partial charge is 0.361 e. The summed E-state index contributed by atoms with van der Waals surface area (Å²) in [6, 6.07) is 9.52. The standard InChI is InChI=1S/C16H22N2S/c1-19-15-4-2-3-14(10-15)18-11-12-5-6-13-7-8-17-16(13)9-12/h5-9,14-15,17-18H,2-4,10-11H2,1H3. The fraction of sp³-hybridized carbons (Fsp3) is 0.500. The van der Waals surface area contributed by atoms with Crippen molar-refractivity contribution in [1.29, 1.82) is 0 Å². The molecule has 1 saturated carbocycles. The SMILES string of the molecule is CSC1CCCC(NCc2ccc3cc[nH]c3c2)C1. The van der Waals surface area contributed by atoms with Gasteiger partial charge in [0.25, 0.3) is 0 Å². The molecule has 102 valence electrons. The lowest BCUT2D eigenvalue weighted by Gasteiger charge is -2.28. The quantitative estimate of drug-likeness (QED) is 0.884. The Kier molecular flexibility index (Phi) is 4.14. The van der Waals surface area contributed by atoms with Gasteiger partial charge in [-0.15, -0.1) is 0 Å². The minimum absolute atomic E-state index is 0.700. The second-order valence-electron chi connectivity index (χ2n) is 5.50. The highest BCUT2D eigenvalue weighted by Crippen LogP contribution is 2.27. The number of aromatic nitrogens is 1. The predicted octanol–water partition coefficient (Wildman–Crippen LogP) is 3.93. The number of H-pyrrole nitrogens is 1. The van der Waals surface area contributed by atoms with Gasteiger partial charge < -0.3 is 10.3 Å². The van der Waals surface area contributed by atoms with Crippen molar-refractivity contribution in [3.05, 3.63) is 36.0 Å². The number of hydrogen-bond donors (Lipinski definition) is 2. The molecule has 3 rings (SSSR count). The maximum Gasteiger partial charge on any atom is 0.0457 e. The van der Waals surface area contributed by atoms with Crippen molar-refractivity contribution in [1.82, 2.24) is 10.3 Å². The summed E-state index contributed by atoms with van der Waals surface area (Å²) in [6.07, 6.45) is 9.68. The normalized spacial score (nSPS) is 23.8. The molecule has 0 spiro atoms. The van der Waals surface area contributed by atoms with Crippen LogP contribution in [0.1, 0.15) is 31.2 Å². The summed E-state index contributed by atoms with van der Waals surface area (Å²) >= 11 is 2.03. The Morgan fingerprint density at radius 3 is 3.16 bits per heavy atom. The van der Waals surface area contributed by atoms with Crippen LogP contribution in [0.5, 0.6) is 0 Å². The average Bonchev–Trinajstić information content (AvgIpc) is 2.93. The molecule has 0 saturated heterocycles. The predicted molar refractivity (Wildman–Crippen MR) is 84.7 cm³/mol. The smallest absolute Gasteiger partial charge is 0.0457 e. The van der Waals surface area contributed by atoms with Gasteiger partial charge in [0, 0.05) is 29.6 Å². The van der Waals surface area contributed by atoms with Crippen molar-refractivity contribution in [3.8, 4) is 0 Å². The van der Waals surface area contributed by atoms with Crippen LogP contribution in [0.25, 0.3) is 10.9 Å². The second-order valence-corrected chi connectivity index (χ2v) is 6.64. The molecule has 2 aromatic rings. The lowest BCUT2D eigenvalue weighted by Crippen LogP contribution is -2.34. The number of benzene rings is 1. The zero-order valence-corrected chi connectivity index (χ0v) is 12.3. The summed E-state index contributed by atoms with van der Waals surface area (Å²) in [6.45, 7) is 0.987. The molecule has 0 amide bonds. The van der Waals surface area contributed by atoms with Gasteiger partial charge in [-0.25, -0.2) is 0 Å². The minimum atomic E-state index is 0.700. The summed E-state index contributed by atoms with van der Waals surface area (Å²) in [5, 5.41) is 5.89. The molecule has 2 N–H and O–H groups in total. The van der Waals surface area contributed by atoms with Gasteiger partial charge in [0.1, 0.15) is 0 Å². The Balaban J connectivity index is 1.59. The van der Waals surface area contributed by atoms with Gasteiger partial charge >= 0.3 is 0 Å². The van der Waals surface area contributed by atoms with Crippen molar-refractivity contribution in [3.63, 3.8) is 0 Å². The van der Waals surface area contributed by atoms with Crippen molar-refractivity contribution >= 4 is 22.7 Å². The van der Waals surface area contributed by atoms with E-state index in [2.05, 4.69) is 40.8 Å². The number of thioether (sulfide) groups is 1. The lowest BCUT2D eigenvalue weighted by atomic mass is 9.95. The molecule has 1 fully saturated rings. The first kappa shape index (κ1) is 13.1. The van der Waals surface area contributed by atoms with Crippen LogP contribution >= 0.6 is 11.8 Å². The second kappa shape index (κ2) is 6.02. The Morgan fingerprint density at radius 2 is 2.26 bits per heavy atom. The zero-order valence-electron chi connectivity index (χ0n) is 11.5. The van der Waals surface area contributed by atoms with E-state index in [1.54, 1.807) is 0 Å². The van der Waals surface area contributed by atoms with Crippen LogP contribution in [0.15, 0.2) is 30.5 Å². The van der Waals surface area contributed by atoms with Crippen LogP contribution in [-0.4, -0.2) is 22.5 Å². The van der Waals surface area contributed by atoms with E-state index in [4.69, 9.17) is 0 Å². The number of hydrogen-bond acceptors (Lipinski definition) is 2. The van der Waals surface area contributed by atoms with Gasteiger partial charge in [-0.2, -0.15) is 11.8 Å². The molecular weight excluding hydrogens is 252 g/mol. The molecular formula is C16H22N2S. The van der Waals surface area contributed by atoms with Crippen LogP contribution in [0.3, 0.4) is 0 Å². The van der Waals surface area contributed by atoms with Gasteiger partial charge in [0.05, 0.1) is 0 Å². The minimum Gasteiger partial charge on any atom is -0.361 e. The number of aromatic amines is 1. The third-order valence-electron chi connectivity index (χ3n) is 4.17. The van der Waals surface area contributed by atoms with E-state index in [1.807, 2.05) is 18.0 Å². The van der Waals surface area contributed by atoms with Gasteiger partial charge in [-0.1, -0.05) is 18.6 Å². The Bertz CT molecular complexity index is 534. The van der Waals surface area contributed by atoms with E-state index in [-0.39, 0.29) is 0 Å². The van der Waals surface area contributed by atoms with Crippen molar-refractivity contribution in [2.75, 3.05) is 6.26 Å². The summed E-state index contributed by atoms with van der Waals surface area (Å²) < 4.78 is 0. The summed E-state index contributed by atoms with van der Waals surface area (Å²) in [5.74, 6) is 0. The first-order valence-corrected chi connectivity index (χ1v) is 8.46. The fourth-order valence-electron chi connectivity index (χ4n) is 3.01. The monoisotopic (exact) mass is 274 g/mol. The van der Waals surface area contributed by atoms with Crippen molar-refractivity contribution in [2.45, 2.75) is 43.5 Å². The first-order chi connectivity index (χ1) is 9.35. The molecule has 2 atom stereocenters. The molecule has 1 heterocycles. The molecule has 1 aliphatic carbocycles.